The SMILES string of the molecule is CC(C(=O)[O-])N1CCN(C)C[C@@H]1C.[Li+]. The van der Waals surface area contributed by atoms with Crippen LogP contribution in [0.25, 0.3) is 0 Å². The van der Waals surface area contributed by atoms with Crippen molar-refractivity contribution in [2.75, 3.05) is 26.7 Å². The summed E-state index contributed by atoms with van der Waals surface area (Å²) in [4.78, 5) is 14.9. The number of carbonyl (C=O) groups excluding carboxylic acids is 1. The van der Waals surface area contributed by atoms with E-state index >= 15 is 0 Å². The maximum absolute atomic E-state index is 10.7. The average Bonchev–Trinajstić information content (AvgIpc) is 2.03. The van der Waals surface area contributed by atoms with Gasteiger partial charge in [-0.05, 0) is 20.9 Å². The van der Waals surface area contributed by atoms with Crippen LogP contribution in [0, 0.1) is 0 Å². The summed E-state index contributed by atoms with van der Waals surface area (Å²) in [7, 11) is 2.05. The van der Waals surface area contributed by atoms with Gasteiger partial charge in [0.05, 0.1) is 5.97 Å². The third-order valence-corrected chi connectivity index (χ3v) is 2.72. The third kappa shape index (κ3) is 3.29. The van der Waals surface area contributed by atoms with Crippen LogP contribution >= 0.6 is 0 Å². The minimum absolute atomic E-state index is 0. The van der Waals surface area contributed by atoms with Crippen molar-refractivity contribution in [2.24, 2.45) is 0 Å². The number of likely N-dealkylation sites (N-methyl/N-ethyl adjacent to an activating group) is 1. The first kappa shape index (κ1) is 14.0. The summed E-state index contributed by atoms with van der Waals surface area (Å²) in [6.07, 6.45) is 0. The van der Waals surface area contributed by atoms with Gasteiger partial charge in [-0.15, -0.1) is 0 Å². The monoisotopic (exact) mass is 192 g/mol. The Morgan fingerprint density at radius 2 is 2.07 bits per heavy atom. The predicted octanol–water partition coefficient (Wildman–Crippen LogP) is -4.24. The number of carboxylic acids is 1. The van der Waals surface area contributed by atoms with Gasteiger partial charge in [0.1, 0.15) is 0 Å². The van der Waals surface area contributed by atoms with Gasteiger partial charge in [0, 0.05) is 31.7 Å². The zero-order valence-electron chi connectivity index (χ0n) is 9.49. The van der Waals surface area contributed by atoms with Crippen LogP contribution in [-0.4, -0.2) is 54.5 Å². The molecule has 0 radical (unpaired) electrons. The fraction of sp³-hybridized carbons (Fsp3) is 0.889. The third-order valence-electron chi connectivity index (χ3n) is 2.72. The number of piperazine rings is 1. The molecule has 0 amide bonds. The molecule has 1 aliphatic rings. The van der Waals surface area contributed by atoms with E-state index < -0.39 is 12.0 Å². The molecule has 1 heterocycles. The van der Waals surface area contributed by atoms with E-state index in [4.69, 9.17) is 0 Å². The Labute approximate surface area is 97.4 Å². The quantitative estimate of drug-likeness (QED) is 0.416. The number of hydrogen-bond acceptors (Lipinski definition) is 4. The minimum atomic E-state index is -0.976. The van der Waals surface area contributed by atoms with Gasteiger partial charge in [0.2, 0.25) is 0 Å². The molecule has 1 rings (SSSR count). The van der Waals surface area contributed by atoms with Crippen LogP contribution in [0.3, 0.4) is 0 Å². The number of carbonyl (C=O) groups is 1. The fourth-order valence-electron chi connectivity index (χ4n) is 1.86. The molecule has 0 N–H and O–H groups in total. The maximum atomic E-state index is 10.7. The van der Waals surface area contributed by atoms with Gasteiger partial charge < -0.3 is 14.8 Å². The summed E-state index contributed by atoms with van der Waals surface area (Å²) in [6.45, 7) is 6.42. The molecule has 2 atom stereocenters. The van der Waals surface area contributed by atoms with E-state index in [9.17, 15) is 9.90 Å². The predicted molar refractivity (Wildman–Crippen MR) is 48.1 cm³/mol. The normalized spacial score (nSPS) is 26.6. The zero-order valence-corrected chi connectivity index (χ0v) is 9.49. The van der Waals surface area contributed by atoms with Gasteiger partial charge in [-0.1, -0.05) is 0 Å². The minimum Gasteiger partial charge on any atom is -0.548 e. The Bertz CT molecular complexity index is 201. The van der Waals surface area contributed by atoms with Crippen LogP contribution in [0.1, 0.15) is 13.8 Å². The second kappa shape index (κ2) is 5.77. The van der Waals surface area contributed by atoms with E-state index in [0.29, 0.717) is 6.04 Å². The smallest absolute Gasteiger partial charge is 0.548 e. The van der Waals surface area contributed by atoms with E-state index in [1.54, 1.807) is 6.92 Å². The van der Waals surface area contributed by atoms with Crippen molar-refractivity contribution < 1.29 is 28.8 Å². The standard InChI is InChI=1S/C9H18N2O2.Li/c1-7-6-10(3)4-5-11(7)8(2)9(12)13;/h7-8H,4-6H2,1-3H3,(H,12,13);/q;+1/p-1/t7-,8?;/m0./s1. The summed E-state index contributed by atoms with van der Waals surface area (Å²) in [5.41, 5.74) is 0. The van der Waals surface area contributed by atoms with Gasteiger partial charge in [-0.25, -0.2) is 0 Å². The van der Waals surface area contributed by atoms with Crippen molar-refractivity contribution in [1.82, 2.24) is 9.80 Å². The summed E-state index contributed by atoms with van der Waals surface area (Å²) < 4.78 is 0. The second-order valence-corrected chi connectivity index (χ2v) is 3.84. The zero-order chi connectivity index (χ0) is 10.0. The molecule has 0 saturated carbocycles. The first-order valence-corrected chi connectivity index (χ1v) is 4.67. The van der Waals surface area contributed by atoms with Gasteiger partial charge in [0.15, 0.2) is 0 Å². The molecule has 0 aromatic heterocycles. The van der Waals surface area contributed by atoms with Crippen molar-refractivity contribution in [2.45, 2.75) is 25.9 Å². The molecule has 0 bridgehead atoms. The van der Waals surface area contributed by atoms with Crippen LogP contribution in [0.5, 0.6) is 0 Å². The number of hydrogen-bond donors (Lipinski definition) is 0. The topological polar surface area (TPSA) is 46.6 Å². The van der Waals surface area contributed by atoms with E-state index in [1.807, 2.05) is 4.90 Å². The van der Waals surface area contributed by atoms with Crippen LogP contribution in [0.4, 0.5) is 0 Å². The molecule has 14 heavy (non-hydrogen) atoms. The summed E-state index contributed by atoms with van der Waals surface area (Å²) in [5, 5.41) is 10.7. The molecule has 0 aromatic rings. The number of rotatable bonds is 2. The molecule has 4 nitrogen and oxygen atoms in total. The summed E-state index contributed by atoms with van der Waals surface area (Å²) in [6, 6.07) is -0.171. The van der Waals surface area contributed by atoms with Gasteiger partial charge >= 0.3 is 18.9 Å². The molecular formula is C9H17LiN2O2. The molecule has 1 unspecified atom stereocenters. The number of nitrogens with zero attached hydrogens (tertiary/aromatic N) is 2. The van der Waals surface area contributed by atoms with Crippen LogP contribution in [0.15, 0.2) is 0 Å². The average molecular weight is 192 g/mol. The summed E-state index contributed by atoms with van der Waals surface area (Å²) >= 11 is 0. The van der Waals surface area contributed by atoms with Gasteiger partial charge in [-0.3, -0.25) is 4.90 Å². The van der Waals surface area contributed by atoms with Crippen molar-refractivity contribution in [3.63, 3.8) is 0 Å². The Morgan fingerprint density at radius 1 is 1.50 bits per heavy atom. The molecule has 1 aliphatic heterocycles. The van der Waals surface area contributed by atoms with Crippen molar-refractivity contribution >= 4 is 5.97 Å². The molecular weight excluding hydrogens is 175 g/mol. The molecule has 1 fully saturated rings. The maximum Gasteiger partial charge on any atom is 1.00 e. The van der Waals surface area contributed by atoms with Gasteiger partial charge in [-0.2, -0.15) is 0 Å². The number of aliphatic carboxylic acids is 1. The van der Waals surface area contributed by atoms with Crippen molar-refractivity contribution in [3.05, 3.63) is 0 Å². The van der Waals surface area contributed by atoms with Crippen LogP contribution in [0.2, 0.25) is 0 Å². The molecule has 1 saturated heterocycles. The van der Waals surface area contributed by atoms with Gasteiger partial charge in [0.25, 0.3) is 0 Å². The Morgan fingerprint density at radius 3 is 2.50 bits per heavy atom. The molecule has 5 heteroatoms. The second-order valence-electron chi connectivity index (χ2n) is 3.84. The van der Waals surface area contributed by atoms with E-state index in [-0.39, 0.29) is 18.9 Å². The molecule has 76 valence electrons. The Balaban J connectivity index is 0.00000169. The Kier molecular flexibility index (Phi) is 5.76. The Hall–Kier alpha value is -0.0126. The number of carboxylic acid groups (broad SMARTS) is 1. The fourth-order valence-corrected chi connectivity index (χ4v) is 1.86. The van der Waals surface area contributed by atoms with Crippen LogP contribution in [-0.2, 0) is 4.79 Å². The van der Waals surface area contributed by atoms with E-state index in [2.05, 4.69) is 18.9 Å². The van der Waals surface area contributed by atoms with Crippen LogP contribution < -0.4 is 24.0 Å². The first-order valence-electron chi connectivity index (χ1n) is 4.67. The van der Waals surface area contributed by atoms with Crippen molar-refractivity contribution in [3.8, 4) is 0 Å². The van der Waals surface area contributed by atoms with E-state index in [0.717, 1.165) is 19.6 Å². The molecule has 0 spiro atoms. The molecule has 0 aliphatic carbocycles. The largest absolute Gasteiger partial charge is 1.00 e. The van der Waals surface area contributed by atoms with Crippen molar-refractivity contribution in [1.29, 1.82) is 0 Å². The summed E-state index contributed by atoms with van der Waals surface area (Å²) in [5.74, 6) is -0.976. The first-order chi connectivity index (χ1) is 6.02. The van der Waals surface area contributed by atoms with E-state index in [1.165, 1.54) is 0 Å². The molecule has 0 aromatic carbocycles.